The monoisotopic (exact) mass is 436 g/mol. The molecule has 2 heterocycles. The van der Waals surface area contributed by atoms with E-state index in [2.05, 4.69) is 10.1 Å². The first-order chi connectivity index (χ1) is 13.0. The zero-order valence-electron chi connectivity index (χ0n) is 13.6. The third-order valence-electron chi connectivity index (χ3n) is 4.37. The van der Waals surface area contributed by atoms with E-state index in [-0.39, 0.29) is 6.10 Å². The number of benzene rings is 2. The Balaban J connectivity index is 1.77. The van der Waals surface area contributed by atoms with Gasteiger partial charge in [0.15, 0.2) is 0 Å². The van der Waals surface area contributed by atoms with Crippen molar-refractivity contribution >= 4 is 46.6 Å². The molecule has 136 valence electrons. The third-order valence-corrected chi connectivity index (χ3v) is 5.85. The Labute approximate surface area is 174 Å². The van der Waals surface area contributed by atoms with Crippen LogP contribution in [0.2, 0.25) is 15.1 Å². The molecule has 0 bridgehead atoms. The zero-order valence-corrected chi connectivity index (χ0v) is 16.7. The second-order valence-corrected chi connectivity index (χ2v) is 7.93. The van der Waals surface area contributed by atoms with Gasteiger partial charge in [-0.25, -0.2) is 9.67 Å². The van der Waals surface area contributed by atoms with Crippen molar-refractivity contribution in [2.75, 3.05) is 0 Å². The lowest BCUT2D eigenvalue weighted by Gasteiger charge is -2.16. The number of thiocyanates is 1. The minimum atomic E-state index is -0.770. The van der Waals surface area contributed by atoms with Crippen molar-refractivity contribution in [3.8, 4) is 5.40 Å². The Bertz CT molecular complexity index is 1050. The maximum atomic E-state index is 8.98. The van der Waals surface area contributed by atoms with Crippen molar-refractivity contribution in [2.45, 2.75) is 23.4 Å². The fourth-order valence-electron chi connectivity index (χ4n) is 3.12. The predicted molar refractivity (Wildman–Crippen MR) is 105 cm³/mol. The number of epoxide rings is 1. The lowest BCUT2D eigenvalue weighted by molar-refractivity contribution is 0.256. The van der Waals surface area contributed by atoms with E-state index in [0.29, 0.717) is 26.8 Å². The van der Waals surface area contributed by atoms with Gasteiger partial charge in [-0.05, 0) is 18.2 Å². The van der Waals surface area contributed by atoms with E-state index >= 15 is 0 Å². The van der Waals surface area contributed by atoms with E-state index < -0.39 is 5.60 Å². The topological polar surface area (TPSA) is 67.0 Å². The summed E-state index contributed by atoms with van der Waals surface area (Å²) in [6, 6.07) is 12.8. The van der Waals surface area contributed by atoms with Crippen LogP contribution in [0.25, 0.3) is 0 Å². The van der Waals surface area contributed by atoms with Crippen molar-refractivity contribution in [1.82, 2.24) is 14.8 Å². The van der Waals surface area contributed by atoms with Crippen molar-refractivity contribution < 1.29 is 4.74 Å². The first-order valence-corrected chi connectivity index (χ1v) is 9.82. The Morgan fingerprint density at radius 3 is 2.74 bits per heavy atom. The first kappa shape index (κ1) is 18.6. The van der Waals surface area contributed by atoms with Crippen molar-refractivity contribution in [3.05, 3.63) is 75.0 Å². The molecule has 9 heteroatoms. The number of hydrogen-bond acceptors (Lipinski definition) is 5. The van der Waals surface area contributed by atoms with Crippen LogP contribution in [-0.4, -0.2) is 14.8 Å². The number of rotatable bonds is 5. The highest BCUT2D eigenvalue weighted by Crippen LogP contribution is 2.60. The molecule has 0 unspecified atom stereocenters. The molecule has 0 N–H and O–H groups in total. The molecule has 1 saturated heterocycles. The summed E-state index contributed by atoms with van der Waals surface area (Å²) >= 11 is 19.8. The molecule has 0 saturated carbocycles. The van der Waals surface area contributed by atoms with Crippen molar-refractivity contribution in [3.63, 3.8) is 0 Å². The molecule has 0 radical (unpaired) electrons. The quantitative estimate of drug-likeness (QED) is 0.300. The van der Waals surface area contributed by atoms with Crippen LogP contribution in [0.4, 0.5) is 0 Å². The van der Waals surface area contributed by atoms with Gasteiger partial charge in [0.05, 0.1) is 6.54 Å². The maximum absolute atomic E-state index is 8.98. The Kier molecular flexibility index (Phi) is 5.06. The largest absolute Gasteiger partial charge is 0.354 e. The molecule has 27 heavy (non-hydrogen) atoms. The van der Waals surface area contributed by atoms with Gasteiger partial charge >= 0.3 is 0 Å². The van der Waals surface area contributed by atoms with E-state index in [4.69, 9.17) is 44.8 Å². The number of halogens is 3. The highest BCUT2D eigenvalue weighted by Gasteiger charge is 2.60. The van der Waals surface area contributed by atoms with Crippen molar-refractivity contribution in [2.24, 2.45) is 0 Å². The second-order valence-electron chi connectivity index (χ2n) is 5.93. The molecule has 1 aliphatic rings. The molecular weight excluding hydrogens is 427 g/mol. The molecular formula is C18H11Cl3N4OS. The standard InChI is InChI=1S/C18H11Cl3N4OS/c19-11-5-6-12(15(21)7-11)16-18(26-16,13-3-1-2-4-14(13)20)8-25-17(27-9-22)23-10-24-25/h1-7,10,16H,8H2/t16-,18-/m0/s1. The van der Waals surface area contributed by atoms with E-state index in [9.17, 15) is 0 Å². The van der Waals surface area contributed by atoms with Crippen LogP contribution in [0, 0.1) is 10.7 Å². The highest BCUT2D eigenvalue weighted by molar-refractivity contribution is 8.03. The van der Waals surface area contributed by atoms with Crippen LogP contribution in [0.5, 0.6) is 0 Å². The molecule has 4 rings (SSSR count). The van der Waals surface area contributed by atoms with Gasteiger partial charge in [0.2, 0.25) is 5.16 Å². The fourth-order valence-corrected chi connectivity index (χ4v) is 4.33. The van der Waals surface area contributed by atoms with Gasteiger partial charge in [-0.3, -0.25) is 0 Å². The fraction of sp³-hybridized carbons (Fsp3) is 0.167. The van der Waals surface area contributed by atoms with E-state index in [1.165, 1.54) is 6.33 Å². The minimum Gasteiger partial charge on any atom is -0.354 e. The van der Waals surface area contributed by atoms with Gasteiger partial charge in [0, 0.05) is 38.0 Å². The van der Waals surface area contributed by atoms with Crippen LogP contribution >= 0.6 is 46.6 Å². The summed E-state index contributed by atoms with van der Waals surface area (Å²) in [6.07, 6.45) is 1.08. The van der Waals surface area contributed by atoms with E-state index in [1.54, 1.807) is 16.8 Å². The Hall–Kier alpha value is -1.75. The summed E-state index contributed by atoms with van der Waals surface area (Å²) in [6.45, 7) is 0.338. The lowest BCUT2D eigenvalue weighted by atomic mass is 9.91. The summed E-state index contributed by atoms with van der Waals surface area (Å²) in [5.41, 5.74) is 0.871. The molecule has 5 nitrogen and oxygen atoms in total. The molecule has 0 amide bonds. The molecule has 1 aliphatic heterocycles. The molecule has 0 spiro atoms. The summed E-state index contributed by atoms with van der Waals surface area (Å²) in [5.74, 6) is 0. The van der Waals surface area contributed by atoms with Gasteiger partial charge in [-0.2, -0.15) is 10.4 Å². The molecule has 1 aromatic heterocycles. The third kappa shape index (κ3) is 3.42. The summed E-state index contributed by atoms with van der Waals surface area (Å²) in [5, 5.41) is 17.4. The second kappa shape index (κ2) is 7.34. The van der Waals surface area contributed by atoms with Crippen molar-refractivity contribution in [1.29, 1.82) is 5.26 Å². The average molecular weight is 438 g/mol. The van der Waals surface area contributed by atoms with E-state index in [0.717, 1.165) is 22.9 Å². The number of nitriles is 1. The maximum Gasteiger partial charge on any atom is 0.200 e. The zero-order chi connectivity index (χ0) is 19.0. The highest BCUT2D eigenvalue weighted by atomic mass is 35.5. The molecule has 1 fully saturated rings. The smallest absolute Gasteiger partial charge is 0.200 e. The van der Waals surface area contributed by atoms with Gasteiger partial charge in [-0.1, -0.05) is 59.1 Å². The summed E-state index contributed by atoms with van der Waals surface area (Å²) < 4.78 is 7.83. The minimum absolute atomic E-state index is 0.327. The number of nitrogens with zero attached hydrogens (tertiary/aromatic N) is 4. The van der Waals surface area contributed by atoms with E-state index in [1.807, 2.05) is 35.7 Å². The lowest BCUT2D eigenvalue weighted by Crippen LogP contribution is -2.21. The van der Waals surface area contributed by atoms with Crippen LogP contribution in [0.15, 0.2) is 53.9 Å². The molecule has 2 aromatic carbocycles. The van der Waals surface area contributed by atoms with Gasteiger partial charge in [0.1, 0.15) is 23.4 Å². The summed E-state index contributed by atoms with van der Waals surface area (Å²) in [4.78, 5) is 4.12. The van der Waals surface area contributed by atoms with Gasteiger partial charge in [0.25, 0.3) is 0 Å². The normalized spacial score (nSPS) is 21.0. The number of thioether (sulfide) groups is 1. The number of aromatic nitrogens is 3. The van der Waals surface area contributed by atoms with Gasteiger partial charge < -0.3 is 4.74 Å². The van der Waals surface area contributed by atoms with Crippen LogP contribution < -0.4 is 0 Å². The summed E-state index contributed by atoms with van der Waals surface area (Å²) in [7, 11) is 0. The van der Waals surface area contributed by atoms with Crippen LogP contribution in [-0.2, 0) is 16.9 Å². The predicted octanol–water partition coefficient (Wildman–Crippen LogP) is 5.48. The number of hydrogen-bond donors (Lipinski definition) is 0. The molecule has 2 atom stereocenters. The van der Waals surface area contributed by atoms with Gasteiger partial charge in [-0.15, -0.1) is 0 Å². The molecule has 0 aliphatic carbocycles. The van der Waals surface area contributed by atoms with Crippen LogP contribution in [0.1, 0.15) is 17.2 Å². The first-order valence-electron chi connectivity index (χ1n) is 7.86. The SMILES string of the molecule is N#CSc1ncnn1C[C@@]1(c2ccccc2Cl)O[C@H]1c1ccc(Cl)cc1Cl. The Morgan fingerprint density at radius 2 is 2.00 bits per heavy atom. The average Bonchev–Trinajstić information content (AvgIpc) is 3.18. The molecule has 3 aromatic rings. The van der Waals surface area contributed by atoms with Crippen LogP contribution in [0.3, 0.4) is 0 Å². The Morgan fingerprint density at radius 1 is 1.19 bits per heavy atom. The number of ether oxygens (including phenoxy) is 1.